The Labute approximate surface area is 128 Å². The Morgan fingerprint density at radius 1 is 1.00 bits per heavy atom. The third-order valence-electron chi connectivity index (χ3n) is 3.42. The van der Waals surface area contributed by atoms with E-state index in [9.17, 15) is 0 Å². The summed E-state index contributed by atoms with van der Waals surface area (Å²) in [4.78, 5) is 10.3. The molecule has 6 heteroatoms. The van der Waals surface area contributed by atoms with Crippen LogP contribution in [-0.2, 0) is 0 Å². The molecule has 22 heavy (non-hydrogen) atoms. The highest BCUT2D eigenvalue weighted by atomic mass is 16.5. The minimum atomic E-state index is -0.380. The average Bonchev–Trinajstić information content (AvgIpc) is 2.55. The second-order valence-corrected chi connectivity index (χ2v) is 4.78. The van der Waals surface area contributed by atoms with E-state index in [0.29, 0.717) is 5.75 Å². The third-order valence-corrected chi connectivity index (χ3v) is 3.42. The van der Waals surface area contributed by atoms with Gasteiger partial charge < -0.3 is 16.2 Å². The van der Waals surface area contributed by atoms with Crippen LogP contribution in [0.15, 0.2) is 64.6 Å². The molecule has 3 rings (SSSR count). The van der Waals surface area contributed by atoms with Crippen molar-refractivity contribution in [1.29, 1.82) is 0 Å². The predicted molar refractivity (Wildman–Crippen MR) is 87.9 cm³/mol. The summed E-state index contributed by atoms with van der Waals surface area (Å²) in [5.74, 6) is 1.14. The minimum absolute atomic E-state index is 0.164. The highest BCUT2D eigenvalue weighted by Gasteiger charge is 2.29. The molecule has 112 valence electrons. The zero-order valence-electron chi connectivity index (χ0n) is 12.2. The van der Waals surface area contributed by atoms with Crippen molar-refractivity contribution in [2.75, 3.05) is 12.0 Å². The van der Waals surface area contributed by atoms with Gasteiger partial charge in [-0.3, -0.25) is 4.90 Å². The maximum absolute atomic E-state index is 6.11. The van der Waals surface area contributed by atoms with Crippen LogP contribution in [0.4, 0.5) is 5.69 Å². The van der Waals surface area contributed by atoms with Gasteiger partial charge in [-0.25, -0.2) is 4.99 Å². The molecular formula is C16H17N5O. The number of aliphatic imine (C=N–C) groups is 2. The largest absolute Gasteiger partial charge is 0.495 e. The summed E-state index contributed by atoms with van der Waals surface area (Å²) in [6, 6.07) is 17.4. The smallest absolute Gasteiger partial charge is 0.221 e. The van der Waals surface area contributed by atoms with Crippen molar-refractivity contribution in [2.24, 2.45) is 21.5 Å². The monoisotopic (exact) mass is 295 g/mol. The Bertz CT molecular complexity index is 726. The molecule has 0 aliphatic carbocycles. The molecule has 1 heterocycles. The van der Waals surface area contributed by atoms with Gasteiger partial charge in [-0.15, -0.1) is 0 Å². The van der Waals surface area contributed by atoms with Gasteiger partial charge in [0.2, 0.25) is 11.9 Å². The van der Waals surface area contributed by atoms with E-state index in [-0.39, 0.29) is 18.1 Å². The first-order chi connectivity index (χ1) is 10.7. The summed E-state index contributed by atoms with van der Waals surface area (Å²) in [6.45, 7) is 0. The molecule has 0 aromatic heterocycles. The SMILES string of the molecule is COc1ccccc1N1C(N)=NC(N)=N[C@@H]1c1ccccc1. The first-order valence-electron chi connectivity index (χ1n) is 6.85. The summed E-state index contributed by atoms with van der Waals surface area (Å²) < 4.78 is 5.43. The molecule has 1 aliphatic heterocycles. The van der Waals surface area contributed by atoms with Crippen LogP contribution in [0.5, 0.6) is 5.75 Å². The zero-order chi connectivity index (χ0) is 15.5. The standard InChI is InChI=1S/C16H17N5O/c1-22-13-10-6-5-9-12(13)21-14(11-7-3-2-4-8-11)19-15(17)20-16(21)18/h2-10,14H,1H3,(H4,17,18,19,20)/t14-/m0/s1. The van der Waals surface area contributed by atoms with Crippen LogP contribution in [0.1, 0.15) is 11.7 Å². The zero-order valence-corrected chi connectivity index (χ0v) is 12.2. The Hall–Kier alpha value is -3.02. The molecule has 0 radical (unpaired) electrons. The lowest BCUT2D eigenvalue weighted by Gasteiger charge is -2.33. The first kappa shape index (κ1) is 13.9. The second-order valence-electron chi connectivity index (χ2n) is 4.78. The fourth-order valence-corrected chi connectivity index (χ4v) is 2.44. The number of anilines is 1. The fraction of sp³-hybridized carbons (Fsp3) is 0.125. The van der Waals surface area contributed by atoms with Crippen LogP contribution >= 0.6 is 0 Å². The van der Waals surface area contributed by atoms with Crippen molar-refractivity contribution in [3.05, 3.63) is 60.2 Å². The molecule has 0 bridgehead atoms. The number of nitrogens with two attached hydrogens (primary N) is 2. The molecule has 0 saturated carbocycles. The normalized spacial score (nSPS) is 17.7. The van der Waals surface area contributed by atoms with Crippen molar-refractivity contribution in [3.63, 3.8) is 0 Å². The van der Waals surface area contributed by atoms with Crippen LogP contribution in [0.3, 0.4) is 0 Å². The summed E-state index contributed by atoms with van der Waals surface area (Å²) in [5.41, 5.74) is 13.7. The Morgan fingerprint density at radius 2 is 1.68 bits per heavy atom. The van der Waals surface area contributed by atoms with Crippen LogP contribution < -0.4 is 21.1 Å². The van der Waals surface area contributed by atoms with Gasteiger partial charge in [0.05, 0.1) is 12.8 Å². The quantitative estimate of drug-likeness (QED) is 0.904. The van der Waals surface area contributed by atoms with Crippen molar-refractivity contribution >= 4 is 17.6 Å². The van der Waals surface area contributed by atoms with Gasteiger partial charge in [-0.2, -0.15) is 4.99 Å². The summed E-state index contributed by atoms with van der Waals surface area (Å²) >= 11 is 0. The lowest BCUT2D eigenvalue weighted by atomic mass is 10.1. The number of para-hydroxylation sites is 2. The van der Waals surface area contributed by atoms with Crippen molar-refractivity contribution in [3.8, 4) is 5.75 Å². The lowest BCUT2D eigenvalue weighted by molar-refractivity contribution is 0.414. The number of rotatable bonds is 3. The van der Waals surface area contributed by atoms with Crippen LogP contribution in [0.25, 0.3) is 0 Å². The third kappa shape index (κ3) is 2.46. The van der Waals surface area contributed by atoms with Crippen molar-refractivity contribution < 1.29 is 4.74 Å². The van der Waals surface area contributed by atoms with E-state index >= 15 is 0 Å². The van der Waals surface area contributed by atoms with E-state index in [1.807, 2.05) is 59.5 Å². The second kappa shape index (κ2) is 5.77. The predicted octanol–water partition coefficient (Wildman–Crippen LogP) is 1.84. The molecule has 4 N–H and O–H groups in total. The van der Waals surface area contributed by atoms with Gasteiger partial charge in [0, 0.05) is 0 Å². The molecule has 0 amide bonds. The number of methoxy groups -OCH3 is 1. The van der Waals surface area contributed by atoms with Crippen LogP contribution in [0, 0.1) is 0 Å². The number of nitrogens with zero attached hydrogens (tertiary/aromatic N) is 3. The Kier molecular flexibility index (Phi) is 3.65. The van der Waals surface area contributed by atoms with E-state index < -0.39 is 0 Å². The maximum atomic E-state index is 6.11. The van der Waals surface area contributed by atoms with Gasteiger partial charge in [-0.05, 0) is 17.7 Å². The van der Waals surface area contributed by atoms with Gasteiger partial charge in [0.25, 0.3) is 0 Å². The van der Waals surface area contributed by atoms with Crippen LogP contribution in [-0.4, -0.2) is 19.0 Å². The highest BCUT2D eigenvalue weighted by Crippen LogP contribution is 2.35. The number of hydrogen-bond donors (Lipinski definition) is 2. The number of benzene rings is 2. The number of hydrogen-bond acceptors (Lipinski definition) is 6. The molecular weight excluding hydrogens is 278 g/mol. The van der Waals surface area contributed by atoms with E-state index in [0.717, 1.165) is 11.3 Å². The molecule has 1 atom stereocenters. The Balaban J connectivity index is 2.12. The first-order valence-corrected chi connectivity index (χ1v) is 6.85. The summed E-state index contributed by atoms with van der Waals surface area (Å²) in [7, 11) is 1.62. The molecule has 0 fully saturated rings. The molecule has 6 nitrogen and oxygen atoms in total. The lowest BCUT2D eigenvalue weighted by Crippen LogP contribution is -2.44. The van der Waals surface area contributed by atoms with E-state index in [1.165, 1.54) is 0 Å². The van der Waals surface area contributed by atoms with Crippen LogP contribution in [0.2, 0.25) is 0 Å². The number of guanidine groups is 2. The minimum Gasteiger partial charge on any atom is -0.495 e. The van der Waals surface area contributed by atoms with E-state index in [1.54, 1.807) is 7.11 Å². The molecule has 0 saturated heterocycles. The molecule has 0 spiro atoms. The van der Waals surface area contributed by atoms with Gasteiger partial charge in [-0.1, -0.05) is 42.5 Å². The maximum Gasteiger partial charge on any atom is 0.221 e. The molecule has 1 aliphatic rings. The fourth-order valence-electron chi connectivity index (χ4n) is 2.44. The van der Waals surface area contributed by atoms with E-state index in [4.69, 9.17) is 16.2 Å². The van der Waals surface area contributed by atoms with Gasteiger partial charge in [0.1, 0.15) is 5.75 Å². The van der Waals surface area contributed by atoms with Gasteiger partial charge >= 0.3 is 0 Å². The Morgan fingerprint density at radius 3 is 2.41 bits per heavy atom. The molecule has 0 unspecified atom stereocenters. The molecule has 2 aromatic carbocycles. The van der Waals surface area contributed by atoms with Gasteiger partial charge in [0.15, 0.2) is 6.17 Å². The van der Waals surface area contributed by atoms with E-state index in [2.05, 4.69) is 9.98 Å². The molecule has 2 aromatic rings. The van der Waals surface area contributed by atoms with Crippen molar-refractivity contribution in [2.45, 2.75) is 6.17 Å². The summed E-state index contributed by atoms with van der Waals surface area (Å²) in [5, 5.41) is 0. The average molecular weight is 295 g/mol. The highest BCUT2D eigenvalue weighted by molar-refractivity contribution is 6.05. The number of ether oxygens (including phenoxy) is 1. The topological polar surface area (TPSA) is 89.2 Å². The summed E-state index contributed by atoms with van der Waals surface area (Å²) in [6.07, 6.45) is -0.380. The van der Waals surface area contributed by atoms with Crippen molar-refractivity contribution in [1.82, 2.24) is 0 Å².